The summed E-state index contributed by atoms with van der Waals surface area (Å²) in [6.07, 6.45) is 1.63. The van der Waals surface area contributed by atoms with E-state index in [9.17, 15) is 4.79 Å². The van der Waals surface area contributed by atoms with Crippen LogP contribution in [0.3, 0.4) is 0 Å². The highest BCUT2D eigenvalue weighted by molar-refractivity contribution is 7.17. The quantitative estimate of drug-likeness (QED) is 0.732. The normalized spacial score (nSPS) is 14.3. The lowest BCUT2D eigenvalue weighted by molar-refractivity contribution is 0.103. The van der Waals surface area contributed by atoms with Crippen molar-refractivity contribution in [2.24, 2.45) is 7.05 Å². The molecule has 1 saturated heterocycles. The van der Waals surface area contributed by atoms with Crippen molar-refractivity contribution in [1.82, 2.24) is 14.8 Å². The van der Waals surface area contributed by atoms with E-state index < -0.39 is 0 Å². The topological polar surface area (TPSA) is 72.3 Å². The minimum atomic E-state index is -0.151. The molecule has 7 nitrogen and oxygen atoms in total. The molecule has 2 aromatic heterocycles. The number of amides is 1. The van der Waals surface area contributed by atoms with Crippen molar-refractivity contribution in [3.8, 4) is 10.6 Å². The number of morpholine rings is 1. The summed E-state index contributed by atoms with van der Waals surface area (Å²) < 4.78 is 7.22. The number of thiazole rings is 1. The summed E-state index contributed by atoms with van der Waals surface area (Å²) in [7, 11) is 1.91. The van der Waals surface area contributed by atoms with Crippen molar-refractivity contribution in [3.63, 3.8) is 0 Å². The van der Waals surface area contributed by atoms with E-state index in [4.69, 9.17) is 4.74 Å². The highest BCUT2D eigenvalue weighted by atomic mass is 32.1. The molecule has 1 N–H and O–H groups in total. The van der Waals surface area contributed by atoms with E-state index in [1.54, 1.807) is 6.20 Å². The molecule has 28 heavy (non-hydrogen) atoms. The van der Waals surface area contributed by atoms with Crippen LogP contribution in [0.5, 0.6) is 0 Å². The molecule has 3 heterocycles. The van der Waals surface area contributed by atoms with Crippen LogP contribution in [0.15, 0.2) is 30.5 Å². The summed E-state index contributed by atoms with van der Waals surface area (Å²) in [6.45, 7) is 7.25. The minimum Gasteiger partial charge on any atom is -0.378 e. The van der Waals surface area contributed by atoms with Gasteiger partial charge in [0, 0.05) is 37.2 Å². The monoisotopic (exact) mass is 397 g/mol. The first-order valence-corrected chi connectivity index (χ1v) is 10.0. The van der Waals surface area contributed by atoms with Gasteiger partial charge in [-0.3, -0.25) is 9.48 Å². The maximum Gasteiger partial charge on any atom is 0.267 e. The van der Waals surface area contributed by atoms with Crippen LogP contribution >= 0.6 is 11.3 Å². The van der Waals surface area contributed by atoms with Crippen LogP contribution in [0, 0.1) is 13.8 Å². The Morgan fingerprint density at radius 2 is 1.89 bits per heavy atom. The van der Waals surface area contributed by atoms with Gasteiger partial charge in [-0.25, -0.2) is 4.98 Å². The fourth-order valence-electron chi connectivity index (χ4n) is 3.35. The number of aryl methyl sites for hydroxylation is 2. The average Bonchev–Trinajstić information content (AvgIpc) is 3.28. The molecule has 8 heteroatoms. The maximum absolute atomic E-state index is 12.6. The zero-order chi connectivity index (χ0) is 19.7. The summed E-state index contributed by atoms with van der Waals surface area (Å²) in [6, 6.07) is 7.92. The fourth-order valence-corrected chi connectivity index (χ4v) is 4.31. The van der Waals surface area contributed by atoms with Crippen LogP contribution in [0.1, 0.15) is 21.1 Å². The Labute approximate surface area is 168 Å². The summed E-state index contributed by atoms with van der Waals surface area (Å²) in [5.41, 5.74) is 4.87. The SMILES string of the molecule is Cc1nn(C)c(C)c1-c1ncc(C(=O)Nc2ccc(N3CCOCC3)cc2)s1. The van der Waals surface area contributed by atoms with Gasteiger partial charge in [0.1, 0.15) is 9.88 Å². The molecule has 1 aliphatic heterocycles. The van der Waals surface area contributed by atoms with E-state index in [1.165, 1.54) is 11.3 Å². The van der Waals surface area contributed by atoms with Gasteiger partial charge in [0.25, 0.3) is 5.91 Å². The van der Waals surface area contributed by atoms with Crippen LogP contribution in [0.4, 0.5) is 11.4 Å². The van der Waals surface area contributed by atoms with Gasteiger partial charge in [0.15, 0.2) is 0 Å². The number of carbonyl (C=O) groups is 1. The number of hydrogen-bond acceptors (Lipinski definition) is 6. The molecular formula is C20H23N5O2S. The second-order valence-corrected chi connectivity index (χ2v) is 7.83. The number of anilines is 2. The third-order valence-electron chi connectivity index (χ3n) is 4.95. The number of hydrogen-bond donors (Lipinski definition) is 1. The zero-order valence-corrected chi connectivity index (χ0v) is 17.0. The van der Waals surface area contributed by atoms with E-state index >= 15 is 0 Å². The van der Waals surface area contributed by atoms with Gasteiger partial charge in [0.2, 0.25) is 0 Å². The molecule has 4 rings (SSSR count). The standard InChI is InChI=1S/C20H23N5O2S/c1-13-18(14(2)24(3)23-13)20-21-12-17(28-20)19(26)22-15-4-6-16(7-5-15)25-8-10-27-11-9-25/h4-7,12H,8-11H2,1-3H3,(H,22,26). The Hall–Kier alpha value is -2.71. The van der Waals surface area contributed by atoms with E-state index in [0.717, 1.165) is 59.6 Å². The molecule has 1 fully saturated rings. The van der Waals surface area contributed by atoms with Gasteiger partial charge >= 0.3 is 0 Å². The highest BCUT2D eigenvalue weighted by Crippen LogP contribution is 2.30. The van der Waals surface area contributed by atoms with Gasteiger partial charge in [-0.05, 0) is 38.1 Å². The maximum atomic E-state index is 12.6. The van der Waals surface area contributed by atoms with Gasteiger partial charge in [-0.15, -0.1) is 11.3 Å². The summed E-state index contributed by atoms with van der Waals surface area (Å²) in [4.78, 5) is 19.9. The Morgan fingerprint density at radius 1 is 1.18 bits per heavy atom. The van der Waals surface area contributed by atoms with Crippen LogP contribution in [-0.4, -0.2) is 47.0 Å². The zero-order valence-electron chi connectivity index (χ0n) is 16.2. The molecule has 1 aromatic carbocycles. The third kappa shape index (κ3) is 3.65. The average molecular weight is 398 g/mol. The van der Waals surface area contributed by atoms with E-state index in [0.29, 0.717) is 4.88 Å². The van der Waals surface area contributed by atoms with Crippen molar-refractivity contribution in [3.05, 3.63) is 46.7 Å². The molecule has 0 radical (unpaired) electrons. The van der Waals surface area contributed by atoms with Gasteiger partial charge in [-0.2, -0.15) is 5.10 Å². The van der Waals surface area contributed by atoms with Gasteiger partial charge in [-0.1, -0.05) is 0 Å². The predicted octanol–water partition coefficient (Wildman–Crippen LogP) is 3.25. The molecule has 0 atom stereocenters. The molecule has 3 aromatic rings. The molecule has 1 aliphatic rings. The Bertz CT molecular complexity index is 987. The Morgan fingerprint density at radius 3 is 2.54 bits per heavy atom. The van der Waals surface area contributed by atoms with E-state index in [1.807, 2.05) is 49.8 Å². The number of nitrogens with zero attached hydrogens (tertiary/aromatic N) is 4. The molecule has 0 aliphatic carbocycles. The minimum absolute atomic E-state index is 0.151. The molecular weight excluding hydrogens is 374 g/mol. The fraction of sp³-hybridized carbons (Fsp3) is 0.350. The number of ether oxygens (including phenoxy) is 1. The van der Waals surface area contributed by atoms with Gasteiger partial charge in [0.05, 0.1) is 30.7 Å². The molecule has 0 bridgehead atoms. The second kappa shape index (κ2) is 7.73. The molecule has 1 amide bonds. The number of carbonyl (C=O) groups excluding carboxylic acids is 1. The van der Waals surface area contributed by atoms with Gasteiger partial charge < -0.3 is 15.0 Å². The summed E-state index contributed by atoms with van der Waals surface area (Å²) >= 11 is 1.38. The number of aromatic nitrogens is 3. The second-order valence-electron chi connectivity index (χ2n) is 6.80. The van der Waals surface area contributed by atoms with Crippen molar-refractivity contribution >= 4 is 28.6 Å². The first-order valence-electron chi connectivity index (χ1n) is 9.23. The largest absolute Gasteiger partial charge is 0.378 e. The molecule has 0 spiro atoms. The highest BCUT2D eigenvalue weighted by Gasteiger charge is 2.18. The van der Waals surface area contributed by atoms with Crippen LogP contribution in [0.25, 0.3) is 10.6 Å². The predicted molar refractivity (Wildman–Crippen MR) is 111 cm³/mol. The summed E-state index contributed by atoms with van der Waals surface area (Å²) in [5.74, 6) is -0.151. The molecule has 146 valence electrons. The number of benzene rings is 1. The third-order valence-corrected chi connectivity index (χ3v) is 5.97. The van der Waals surface area contributed by atoms with Crippen LogP contribution in [0.2, 0.25) is 0 Å². The van der Waals surface area contributed by atoms with Crippen molar-refractivity contribution in [2.45, 2.75) is 13.8 Å². The van der Waals surface area contributed by atoms with E-state index in [2.05, 4.69) is 20.3 Å². The Balaban J connectivity index is 1.46. The lowest BCUT2D eigenvalue weighted by Crippen LogP contribution is -2.36. The van der Waals surface area contributed by atoms with E-state index in [-0.39, 0.29) is 5.91 Å². The first-order chi connectivity index (χ1) is 13.5. The van der Waals surface area contributed by atoms with Crippen LogP contribution in [-0.2, 0) is 11.8 Å². The Kier molecular flexibility index (Phi) is 5.15. The van der Waals surface area contributed by atoms with Crippen molar-refractivity contribution < 1.29 is 9.53 Å². The molecule has 0 unspecified atom stereocenters. The van der Waals surface area contributed by atoms with Crippen LogP contribution < -0.4 is 10.2 Å². The lowest BCUT2D eigenvalue weighted by Gasteiger charge is -2.28. The first kappa shape index (κ1) is 18.6. The smallest absolute Gasteiger partial charge is 0.267 e. The van der Waals surface area contributed by atoms with Crippen molar-refractivity contribution in [1.29, 1.82) is 0 Å². The molecule has 0 saturated carbocycles. The number of rotatable bonds is 4. The number of nitrogens with one attached hydrogen (secondary N) is 1. The summed E-state index contributed by atoms with van der Waals surface area (Å²) in [5, 5.41) is 8.20. The van der Waals surface area contributed by atoms with Crippen molar-refractivity contribution in [2.75, 3.05) is 36.5 Å². The lowest BCUT2D eigenvalue weighted by atomic mass is 10.2.